The lowest BCUT2D eigenvalue weighted by Gasteiger charge is -2.20. The third kappa shape index (κ3) is 4.43. The van der Waals surface area contributed by atoms with Crippen LogP contribution in [-0.4, -0.2) is 21.4 Å². The Morgan fingerprint density at radius 1 is 1.33 bits per heavy atom. The van der Waals surface area contributed by atoms with Crippen LogP contribution in [0.3, 0.4) is 0 Å². The lowest BCUT2D eigenvalue weighted by atomic mass is 10.1. The van der Waals surface area contributed by atoms with Crippen molar-refractivity contribution in [2.45, 2.75) is 38.8 Å². The van der Waals surface area contributed by atoms with Crippen LogP contribution in [0.5, 0.6) is 0 Å². The van der Waals surface area contributed by atoms with Crippen molar-refractivity contribution in [3.63, 3.8) is 0 Å². The summed E-state index contributed by atoms with van der Waals surface area (Å²) in [5, 5.41) is 4.27. The minimum absolute atomic E-state index is 0.137. The van der Waals surface area contributed by atoms with Gasteiger partial charge in [-0.15, -0.1) is 0 Å². The number of nitrogens with two attached hydrogens (primary N) is 1. The first-order valence-electron chi connectivity index (χ1n) is 6.92. The van der Waals surface area contributed by atoms with Crippen molar-refractivity contribution in [3.05, 3.63) is 48.3 Å². The Labute approximate surface area is 124 Å². The van der Waals surface area contributed by atoms with Crippen LogP contribution in [0.25, 0.3) is 5.69 Å². The highest BCUT2D eigenvalue weighted by Crippen LogP contribution is 2.18. The fraction of sp³-hybridized carbons (Fsp3) is 0.375. The number of aromatic nitrogens is 2. The van der Waals surface area contributed by atoms with Gasteiger partial charge in [-0.3, -0.25) is 4.79 Å². The number of benzene rings is 1. The summed E-state index contributed by atoms with van der Waals surface area (Å²) in [6.45, 7) is 5.51. The maximum Gasteiger partial charge on any atom is 0.308 e. The topological polar surface area (TPSA) is 70.1 Å². The van der Waals surface area contributed by atoms with Gasteiger partial charge in [0.2, 0.25) is 0 Å². The quantitative estimate of drug-likeness (QED) is 0.877. The van der Waals surface area contributed by atoms with Crippen LogP contribution >= 0.6 is 0 Å². The predicted octanol–water partition coefficient (Wildman–Crippen LogP) is 2.60. The van der Waals surface area contributed by atoms with Crippen molar-refractivity contribution in [1.82, 2.24) is 9.78 Å². The highest BCUT2D eigenvalue weighted by atomic mass is 16.6. The fourth-order valence-corrected chi connectivity index (χ4v) is 1.93. The van der Waals surface area contributed by atoms with Gasteiger partial charge in [-0.25, -0.2) is 4.68 Å². The highest BCUT2D eigenvalue weighted by Gasteiger charge is 2.20. The number of ether oxygens (including phenoxy) is 1. The maximum atomic E-state index is 11.8. The molecule has 2 aromatic rings. The second-order valence-corrected chi connectivity index (χ2v) is 5.95. The van der Waals surface area contributed by atoms with E-state index < -0.39 is 11.6 Å². The second-order valence-electron chi connectivity index (χ2n) is 5.95. The number of rotatable bonds is 4. The first-order chi connectivity index (χ1) is 9.85. The number of para-hydroxylation sites is 1. The average molecular weight is 287 g/mol. The van der Waals surface area contributed by atoms with Crippen molar-refractivity contribution in [1.29, 1.82) is 0 Å². The number of nitrogens with zero attached hydrogens (tertiary/aromatic N) is 2. The standard InChI is InChI=1S/C16H21N3O2/c1-16(2,3)21-15(20)9-14(17)12-10-18-19(11-12)13-7-5-4-6-8-13/h4-8,10-11,14H,9,17H2,1-3H3. The Bertz CT molecular complexity index is 599. The molecular formula is C16H21N3O2. The van der Waals surface area contributed by atoms with Gasteiger partial charge < -0.3 is 10.5 Å². The fourth-order valence-electron chi connectivity index (χ4n) is 1.93. The van der Waals surface area contributed by atoms with Crippen molar-refractivity contribution in [2.75, 3.05) is 0 Å². The van der Waals surface area contributed by atoms with Crippen LogP contribution in [0.2, 0.25) is 0 Å². The summed E-state index contributed by atoms with van der Waals surface area (Å²) >= 11 is 0. The zero-order valence-electron chi connectivity index (χ0n) is 12.6. The van der Waals surface area contributed by atoms with Crippen LogP contribution in [-0.2, 0) is 9.53 Å². The molecule has 0 amide bonds. The van der Waals surface area contributed by atoms with Crippen molar-refractivity contribution in [2.24, 2.45) is 5.73 Å². The van der Waals surface area contributed by atoms with E-state index in [1.807, 2.05) is 57.3 Å². The largest absolute Gasteiger partial charge is 0.460 e. The molecule has 0 aliphatic rings. The average Bonchev–Trinajstić information content (AvgIpc) is 2.87. The lowest BCUT2D eigenvalue weighted by molar-refractivity contribution is -0.155. The van der Waals surface area contributed by atoms with Gasteiger partial charge in [0, 0.05) is 17.8 Å². The molecule has 0 spiro atoms. The number of carbonyl (C=O) groups is 1. The van der Waals surface area contributed by atoms with Crippen molar-refractivity contribution in [3.8, 4) is 5.69 Å². The summed E-state index contributed by atoms with van der Waals surface area (Å²) in [5.41, 5.74) is 7.32. The number of hydrogen-bond donors (Lipinski definition) is 1. The van der Waals surface area contributed by atoms with E-state index >= 15 is 0 Å². The Balaban J connectivity index is 2.03. The van der Waals surface area contributed by atoms with Crippen LogP contribution in [0.1, 0.15) is 38.8 Å². The molecule has 21 heavy (non-hydrogen) atoms. The third-order valence-electron chi connectivity index (χ3n) is 2.86. The monoisotopic (exact) mass is 287 g/mol. The summed E-state index contributed by atoms with van der Waals surface area (Å²) in [4.78, 5) is 11.8. The molecule has 5 nitrogen and oxygen atoms in total. The van der Waals surface area contributed by atoms with E-state index in [1.54, 1.807) is 10.9 Å². The van der Waals surface area contributed by atoms with Crippen LogP contribution in [0, 0.1) is 0 Å². The van der Waals surface area contributed by atoms with Gasteiger partial charge in [-0.05, 0) is 32.9 Å². The molecule has 0 bridgehead atoms. The van der Waals surface area contributed by atoms with Gasteiger partial charge in [0.1, 0.15) is 5.60 Å². The van der Waals surface area contributed by atoms with E-state index in [1.165, 1.54) is 0 Å². The van der Waals surface area contributed by atoms with E-state index in [0.29, 0.717) is 0 Å². The van der Waals surface area contributed by atoms with E-state index in [2.05, 4.69) is 5.10 Å². The molecule has 5 heteroatoms. The van der Waals surface area contributed by atoms with Crippen LogP contribution < -0.4 is 5.73 Å². The molecule has 0 fully saturated rings. The Hall–Kier alpha value is -2.14. The summed E-state index contributed by atoms with van der Waals surface area (Å²) in [5.74, 6) is -0.303. The smallest absolute Gasteiger partial charge is 0.308 e. The first kappa shape index (κ1) is 15.3. The van der Waals surface area contributed by atoms with E-state index in [0.717, 1.165) is 11.3 Å². The van der Waals surface area contributed by atoms with Gasteiger partial charge in [0.25, 0.3) is 0 Å². The van der Waals surface area contributed by atoms with E-state index in [-0.39, 0.29) is 12.4 Å². The Morgan fingerprint density at radius 2 is 2.00 bits per heavy atom. The van der Waals surface area contributed by atoms with E-state index in [9.17, 15) is 4.79 Å². The van der Waals surface area contributed by atoms with E-state index in [4.69, 9.17) is 10.5 Å². The Kier molecular flexibility index (Phi) is 4.43. The molecule has 1 aromatic carbocycles. The molecule has 0 radical (unpaired) electrons. The molecule has 1 heterocycles. The molecule has 1 aromatic heterocycles. The molecule has 2 rings (SSSR count). The normalized spacial score (nSPS) is 13.0. The van der Waals surface area contributed by atoms with Crippen molar-refractivity contribution >= 4 is 5.97 Å². The highest BCUT2D eigenvalue weighted by molar-refractivity contribution is 5.70. The molecule has 0 saturated carbocycles. The molecule has 1 atom stereocenters. The molecule has 0 aliphatic carbocycles. The zero-order chi connectivity index (χ0) is 15.5. The minimum Gasteiger partial charge on any atom is -0.460 e. The Morgan fingerprint density at radius 3 is 2.62 bits per heavy atom. The predicted molar refractivity (Wildman–Crippen MR) is 81.0 cm³/mol. The summed E-state index contributed by atoms with van der Waals surface area (Å²) in [6, 6.07) is 9.32. The van der Waals surface area contributed by atoms with Gasteiger partial charge in [0.15, 0.2) is 0 Å². The summed E-state index contributed by atoms with van der Waals surface area (Å²) in [7, 11) is 0. The van der Waals surface area contributed by atoms with Crippen LogP contribution in [0.4, 0.5) is 0 Å². The lowest BCUT2D eigenvalue weighted by Crippen LogP contribution is -2.26. The molecular weight excluding hydrogens is 266 g/mol. The second kappa shape index (κ2) is 6.10. The first-order valence-corrected chi connectivity index (χ1v) is 6.92. The van der Waals surface area contributed by atoms with Crippen LogP contribution in [0.15, 0.2) is 42.7 Å². The molecule has 2 N–H and O–H groups in total. The van der Waals surface area contributed by atoms with Gasteiger partial charge in [0.05, 0.1) is 18.3 Å². The summed E-state index contributed by atoms with van der Waals surface area (Å²) < 4.78 is 7.02. The van der Waals surface area contributed by atoms with Crippen molar-refractivity contribution < 1.29 is 9.53 Å². The summed E-state index contributed by atoms with van der Waals surface area (Å²) in [6.07, 6.45) is 3.66. The molecule has 0 saturated heterocycles. The SMILES string of the molecule is CC(C)(C)OC(=O)CC(N)c1cnn(-c2ccccc2)c1. The van der Waals surface area contributed by atoms with Gasteiger partial charge in [-0.1, -0.05) is 18.2 Å². The molecule has 0 aliphatic heterocycles. The zero-order valence-corrected chi connectivity index (χ0v) is 12.6. The number of hydrogen-bond acceptors (Lipinski definition) is 4. The number of carbonyl (C=O) groups excluding carboxylic acids is 1. The maximum absolute atomic E-state index is 11.8. The minimum atomic E-state index is -0.495. The number of esters is 1. The van der Waals surface area contributed by atoms with Gasteiger partial charge in [-0.2, -0.15) is 5.10 Å². The molecule has 1 unspecified atom stereocenters. The van der Waals surface area contributed by atoms with Gasteiger partial charge >= 0.3 is 5.97 Å². The third-order valence-corrected chi connectivity index (χ3v) is 2.86. The molecule has 112 valence electrons.